The lowest BCUT2D eigenvalue weighted by Crippen LogP contribution is -2.46. The smallest absolute Gasteiger partial charge is 0.302 e. The standard InChI is InChI=1S/C27H36O7/c1-5-9-21-12-13-22(29)25(33-21)18(3)26-24(30)27(32-16-20-10-7-6-8-11-20)23(34-26)14-17(2)15-31-19(4)28/h5-8,10-13,17-18,21,23-27,30H,1,9,14-16H2,2-4H3/t17-,18-,21-,23-,24+,25?,26+,27+/m1/s1. The van der Waals surface area contributed by atoms with Crippen molar-refractivity contribution in [2.24, 2.45) is 11.8 Å². The van der Waals surface area contributed by atoms with E-state index < -0.39 is 36.4 Å². The molecule has 0 aliphatic carbocycles. The number of esters is 1. The van der Waals surface area contributed by atoms with Gasteiger partial charge in [-0.25, -0.2) is 0 Å². The molecule has 34 heavy (non-hydrogen) atoms. The van der Waals surface area contributed by atoms with Crippen molar-refractivity contribution >= 4 is 11.8 Å². The summed E-state index contributed by atoms with van der Waals surface area (Å²) in [5.74, 6) is -0.864. The van der Waals surface area contributed by atoms with Crippen LogP contribution in [0, 0.1) is 11.8 Å². The Morgan fingerprint density at radius 1 is 1.24 bits per heavy atom. The lowest BCUT2D eigenvalue weighted by Gasteiger charge is -2.32. The van der Waals surface area contributed by atoms with Crippen molar-refractivity contribution in [3.8, 4) is 0 Å². The quantitative estimate of drug-likeness (QED) is 0.390. The molecule has 0 radical (unpaired) electrons. The van der Waals surface area contributed by atoms with Gasteiger partial charge < -0.3 is 24.1 Å². The second-order valence-electron chi connectivity index (χ2n) is 9.27. The van der Waals surface area contributed by atoms with Gasteiger partial charge in [-0.3, -0.25) is 9.59 Å². The van der Waals surface area contributed by atoms with Crippen molar-refractivity contribution < 1.29 is 33.6 Å². The van der Waals surface area contributed by atoms with E-state index in [-0.39, 0.29) is 30.4 Å². The predicted octanol–water partition coefficient (Wildman–Crippen LogP) is 3.39. The SMILES string of the molecule is C=CC[C@@H]1C=CC(=O)C([C@@H](C)[C@@H]2O[C@H](C[C@@H](C)COC(C)=O)[C@H](OCc3ccccc3)[C@H]2O)O1. The maximum atomic E-state index is 12.6. The maximum absolute atomic E-state index is 12.6. The molecule has 1 saturated heterocycles. The Bertz CT molecular complexity index is 852. The third kappa shape index (κ3) is 6.85. The van der Waals surface area contributed by atoms with E-state index in [1.807, 2.05) is 44.2 Å². The molecular weight excluding hydrogens is 436 g/mol. The van der Waals surface area contributed by atoms with Gasteiger partial charge in [0, 0.05) is 12.8 Å². The number of ether oxygens (including phenoxy) is 4. The number of carbonyl (C=O) groups is 2. The number of aliphatic hydroxyl groups excluding tert-OH is 1. The third-order valence-corrected chi connectivity index (χ3v) is 6.33. The first-order chi connectivity index (χ1) is 16.3. The Kier molecular flexibility index (Phi) is 9.59. The number of benzene rings is 1. The molecule has 0 saturated carbocycles. The van der Waals surface area contributed by atoms with Gasteiger partial charge in [0.2, 0.25) is 0 Å². The summed E-state index contributed by atoms with van der Waals surface area (Å²) in [7, 11) is 0. The van der Waals surface area contributed by atoms with E-state index in [1.165, 1.54) is 6.92 Å². The molecule has 1 unspecified atom stereocenters. The second kappa shape index (κ2) is 12.4. The van der Waals surface area contributed by atoms with E-state index in [1.54, 1.807) is 18.2 Å². The van der Waals surface area contributed by atoms with Gasteiger partial charge in [-0.2, -0.15) is 0 Å². The minimum Gasteiger partial charge on any atom is -0.466 e. The van der Waals surface area contributed by atoms with Gasteiger partial charge in [0.15, 0.2) is 5.78 Å². The highest BCUT2D eigenvalue weighted by Crippen LogP contribution is 2.35. The topological polar surface area (TPSA) is 91.3 Å². The van der Waals surface area contributed by atoms with Crippen molar-refractivity contribution in [1.82, 2.24) is 0 Å². The molecule has 1 aromatic carbocycles. The van der Waals surface area contributed by atoms with Crippen LogP contribution in [0.15, 0.2) is 55.1 Å². The summed E-state index contributed by atoms with van der Waals surface area (Å²) >= 11 is 0. The van der Waals surface area contributed by atoms with Crippen molar-refractivity contribution in [2.75, 3.05) is 6.61 Å². The molecular formula is C27H36O7. The molecule has 1 fully saturated rings. The average molecular weight is 473 g/mol. The zero-order chi connectivity index (χ0) is 24.7. The van der Waals surface area contributed by atoms with E-state index in [4.69, 9.17) is 18.9 Å². The molecule has 0 bridgehead atoms. The zero-order valence-electron chi connectivity index (χ0n) is 20.2. The Morgan fingerprint density at radius 3 is 2.65 bits per heavy atom. The molecule has 3 rings (SSSR count). The van der Waals surface area contributed by atoms with Crippen LogP contribution in [0.1, 0.15) is 39.2 Å². The van der Waals surface area contributed by atoms with Crippen LogP contribution >= 0.6 is 0 Å². The summed E-state index contributed by atoms with van der Waals surface area (Å²) in [4.78, 5) is 23.8. The van der Waals surface area contributed by atoms with E-state index in [0.717, 1.165) is 5.56 Å². The highest BCUT2D eigenvalue weighted by Gasteiger charge is 2.50. The number of rotatable bonds is 11. The molecule has 2 aliphatic rings. The number of ketones is 1. The molecule has 8 atom stereocenters. The van der Waals surface area contributed by atoms with Crippen molar-refractivity contribution in [3.05, 3.63) is 60.7 Å². The molecule has 0 aromatic heterocycles. The number of hydrogen-bond donors (Lipinski definition) is 1. The van der Waals surface area contributed by atoms with Crippen LogP contribution in [0.4, 0.5) is 0 Å². The van der Waals surface area contributed by atoms with E-state index in [2.05, 4.69) is 6.58 Å². The third-order valence-electron chi connectivity index (χ3n) is 6.33. The zero-order valence-corrected chi connectivity index (χ0v) is 20.2. The van der Waals surface area contributed by atoms with E-state index in [9.17, 15) is 14.7 Å². The van der Waals surface area contributed by atoms with Crippen LogP contribution in [0.5, 0.6) is 0 Å². The first-order valence-electron chi connectivity index (χ1n) is 11.9. The summed E-state index contributed by atoms with van der Waals surface area (Å²) < 4.78 is 23.6. The maximum Gasteiger partial charge on any atom is 0.302 e. The van der Waals surface area contributed by atoms with Crippen LogP contribution in [-0.4, -0.2) is 60.1 Å². The van der Waals surface area contributed by atoms with Crippen molar-refractivity contribution in [3.63, 3.8) is 0 Å². The fourth-order valence-corrected chi connectivity index (χ4v) is 4.54. The molecule has 2 aliphatic heterocycles. The van der Waals surface area contributed by atoms with Crippen molar-refractivity contribution in [2.45, 2.75) is 76.8 Å². The lowest BCUT2D eigenvalue weighted by molar-refractivity contribution is -0.143. The van der Waals surface area contributed by atoms with E-state index >= 15 is 0 Å². The summed E-state index contributed by atoms with van der Waals surface area (Å²) in [5.41, 5.74) is 0.987. The van der Waals surface area contributed by atoms with Crippen LogP contribution in [-0.2, 0) is 35.1 Å². The largest absolute Gasteiger partial charge is 0.466 e. The molecule has 7 nitrogen and oxygen atoms in total. The summed E-state index contributed by atoms with van der Waals surface area (Å²) in [6, 6.07) is 9.72. The van der Waals surface area contributed by atoms with Gasteiger partial charge >= 0.3 is 5.97 Å². The van der Waals surface area contributed by atoms with Gasteiger partial charge in [-0.05, 0) is 30.4 Å². The minimum absolute atomic E-state index is 0.00505. The van der Waals surface area contributed by atoms with Gasteiger partial charge in [0.1, 0.15) is 18.3 Å². The molecule has 1 N–H and O–H groups in total. The summed E-state index contributed by atoms with van der Waals surface area (Å²) in [5, 5.41) is 11.2. The average Bonchev–Trinajstić information content (AvgIpc) is 3.12. The monoisotopic (exact) mass is 472 g/mol. The molecule has 7 heteroatoms. The fraction of sp³-hybridized carbons (Fsp3) is 0.556. The molecule has 1 aromatic rings. The van der Waals surface area contributed by atoms with Gasteiger partial charge in [0.05, 0.1) is 31.5 Å². The van der Waals surface area contributed by atoms with Gasteiger partial charge in [0.25, 0.3) is 0 Å². The Balaban J connectivity index is 1.73. The highest BCUT2D eigenvalue weighted by molar-refractivity contribution is 5.94. The first kappa shape index (κ1) is 26.3. The lowest BCUT2D eigenvalue weighted by atomic mass is 9.88. The van der Waals surface area contributed by atoms with Gasteiger partial charge in [-0.15, -0.1) is 6.58 Å². The second-order valence-corrected chi connectivity index (χ2v) is 9.27. The molecule has 2 heterocycles. The number of aliphatic hydroxyl groups is 1. The minimum atomic E-state index is -0.940. The molecule has 186 valence electrons. The number of hydrogen-bond acceptors (Lipinski definition) is 7. The van der Waals surface area contributed by atoms with Crippen LogP contribution in [0.3, 0.4) is 0 Å². The summed E-state index contributed by atoms with van der Waals surface area (Å²) in [6.45, 7) is 9.52. The molecule has 0 amide bonds. The van der Waals surface area contributed by atoms with Crippen LogP contribution < -0.4 is 0 Å². The van der Waals surface area contributed by atoms with Crippen LogP contribution in [0.25, 0.3) is 0 Å². The van der Waals surface area contributed by atoms with Crippen molar-refractivity contribution in [1.29, 1.82) is 0 Å². The molecule has 0 spiro atoms. The predicted molar refractivity (Wildman–Crippen MR) is 127 cm³/mol. The van der Waals surface area contributed by atoms with E-state index in [0.29, 0.717) is 19.4 Å². The normalized spacial score (nSPS) is 30.6. The Hall–Kier alpha value is -2.32. The number of carbonyl (C=O) groups excluding carboxylic acids is 2. The summed E-state index contributed by atoms with van der Waals surface area (Å²) in [6.07, 6.45) is 2.62. The van der Waals surface area contributed by atoms with Crippen LogP contribution in [0.2, 0.25) is 0 Å². The first-order valence-corrected chi connectivity index (χ1v) is 11.9. The highest BCUT2D eigenvalue weighted by atomic mass is 16.6. The Labute approximate surface area is 201 Å². The fourth-order valence-electron chi connectivity index (χ4n) is 4.54. The van der Waals surface area contributed by atoms with Gasteiger partial charge in [-0.1, -0.05) is 56.3 Å². The Morgan fingerprint density at radius 2 is 1.97 bits per heavy atom.